The molecule has 0 saturated carbocycles. The number of imidazole rings is 1. The van der Waals surface area contributed by atoms with Gasteiger partial charge in [-0.2, -0.15) is 0 Å². The van der Waals surface area contributed by atoms with Gasteiger partial charge in [0.15, 0.2) is 0 Å². The Bertz CT molecular complexity index is 625. The van der Waals surface area contributed by atoms with Gasteiger partial charge in [0.1, 0.15) is 5.82 Å². The van der Waals surface area contributed by atoms with Crippen LogP contribution in [0.2, 0.25) is 0 Å². The van der Waals surface area contributed by atoms with Gasteiger partial charge in [0.25, 0.3) is 0 Å². The molecule has 3 N–H and O–H groups in total. The summed E-state index contributed by atoms with van der Waals surface area (Å²) < 4.78 is 0. The van der Waals surface area contributed by atoms with Crippen molar-refractivity contribution < 1.29 is 4.79 Å². The van der Waals surface area contributed by atoms with Crippen LogP contribution in [-0.2, 0) is 10.2 Å². The first kappa shape index (κ1) is 15.5. The first-order valence-corrected chi connectivity index (χ1v) is 7.41. The third-order valence-electron chi connectivity index (χ3n) is 3.25. The summed E-state index contributed by atoms with van der Waals surface area (Å²) in [5.41, 5.74) is 2.65. The van der Waals surface area contributed by atoms with Gasteiger partial charge in [-0.1, -0.05) is 27.7 Å². The summed E-state index contributed by atoms with van der Waals surface area (Å²) in [6.07, 6.45) is 0.474. The fraction of sp³-hybridized carbons (Fsp3) is 0.500. The van der Waals surface area contributed by atoms with Gasteiger partial charge >= 0.3 is 0 Å². The first-order chi connectivity index (χ1) is 9.90. The van der Waals surface area contributed by atoms with E-state index in [4.69, 9.17) is 0 Å². The summed E-state index contributed by atoms with van der Waals surface area (Å²) in [5.74, 6) is 0.971. The lowest BCUT2D eigenvalue weighted by molar-refractivity contribution is -0.116. The third-order valence-corrected chi connectivity index (χ3v) is 3.25. The Kier molecular flexibility index (Phi) is 4.63. The average Bonchev–Trinajstić information content (AvgIpc) is 2.82. The van der Waals surface area contributed by atoms with Gasteiger partial charge in [-0.15, -0.1) is 0 Å². The molecule has 0 unspecified atom stereocenters. The average molecular weight is 288 g/mol. The molecule has 0 aliphatic rings. The number of fused-ring (bicyclic) bond motifs is 1. The van der Waals surface area contributed by atoms with Gasteiger partial charge in [0, 0.05) is 24.1 Å². The zero-order valence-corrected chi connectivity index (χ0v) is 13.2. The van der Waals surface area contributed by atoms with Crippen LogP contribution in [0.15, 0.2) is 18.2 Å². The van der Waals surface area contributed by atoms with Crippen LogP contribution in [0.1, 0.15) is 39.9 Å². The number of carbonyl (C=O) groups excluding carboxylic acids is 1. The van der Waals surface area contributed by atoms with Crippen LogP contribution >= 0.6 is 0 Å². The molecule has 2 aromatic rings. The van der Waals surface area contributed by atoms with Crippen molar-refractivity contribution in [3.8, 4) is 0 Å². The number of H-pyrrole nitrogens is 1. The molecule has 21 heavy (non-hydrogen) atoms. The number of aromatic nitrogens is 2. The minimum absolute atomic E-state index is 0.0193. The lowest BCUT2D eigenvalue weighted by Crippen LogP contribution is -2.21. The van der Waals surface area contributed by atoms with Crippen LogP contribution < -0.4 is 10.6 Å². The van der Waals surface area contributed by atoms with Crippen LogP contribution in [-0.4, -0.2) is 29.0 Å². The molecule has 5 nitrogen and oxygen atoms in total. The summed E-state index contributed by atoms with van der Waals surface area (Å²) in [6.45, 7) is 9.96. The lowest BCUT2D eigenvalue weighted by Gasteiger charge is -2.13. The van der Waals surface area contributed by atoms with Crippen molar-refractivity contribution >= 4 is 22.6 Å². The number of nitrogens with zero attached hydrogens (tertiary/aromatic N) is 1. The van der Waals surface area contributed by atoms with E-state index in [-0.39, 0.29) is 11.3 Å². The Morgan fingerprint density at radius 1 is 1.33 bits per heavy atom. The molecular weight excluding hydrogens is 264 g/mol. The molecule has 1 aromatic heterocycles. The molecule has 0 fully saturated rings. The van der Waals surface area contributed by atoms with Crippen LogP contribution in [0.3, 0.4) is 0 Å². The van der Waals surface area contributed by atoms with Crippen LogP contribution in [0.25, 0.3) is 11.0 Å². The Morgan fingerprint density at radius 3 is 2.76 bits per heavy atom. The highest BCUT2D eigenvalue weighted by molar-refractivity contribution is 5.93. The minimum Gasteiger partial charge on any atom is -0.341 e. The van der Waals surface area contributed by atoms with Crippen LogP contribution in [0.4, 0.5) is 5.69 Å². The lowest BCUT2D eigenvalue weighted by atomic mass is 9.96. The van der Waals surface area contributed by atoms with E-state index >= 15 is 0 Å². The second-order valence-corrected chi connectivity index (χ2v) is 6.22. The van der Waals surface area contributed by atoms with Gasteiger partial charge in [-0.25, -0.2) is 4.98 Å². The smallest absolute Gasteiger partial charge is 0.225 e. The summed E-state index contributed by atoms with van der Waals surface area (Å²) in [7, 11) is 0. The van der Waals surface area contributed by atoms with Crippen molar-refractivity contribution in [3.05, 3.63) is 24.0 Å². The maximum Gasteiger partial charge on any atom is 0.225 e. The van der Waals surface area contributed by atoms with Crippen molar-refractivity contribution in [3.63, 3.8) is 0 Å². The second-order valence-electron chi connectivity index (χ2n) is 6.22. The Hall–Kier alpha value is -1.88. The number of nitrogens with one attached hydrogen (secondary N) is 3. The molecule has 0 bridgehead atoms. The molecule has 0 aliphatic carbocycles. The number of anilines is 1. The van der Waals surface area contributed by atoms with Crippen molar-refractivity contribution in [1.29, 1.82) is 0 Å². The fourth-order valence-electron chi connectivity index (χ4n) is 2.04. The molecule has 0 aliphatic heterocycles. The number of benzene rings is 1. The number of rotatable bonds is 5. The molecule has 0 saturated heterocycles. The van der Waals surface area contributed by atoms with Gasteiger partial charge < -0.3 is 15.6 Å². The molecule has 0 atom stereocenters. The Morgan fingerprint density at radius 2 is 2.10 bits per heavy atom. The molecule has 1 amide bonds. The molecule has 0 radical (unpaired) electrons. The van der Waals surface area contributed by atoms with E-state index in [1.54, 1.807) is 0 Å². The maximum absolute atomic E-state index is 11.8. The van der Waals surface area contributed by atoms with E-state index in [0.717, 1.165) is 29.1 Å². The van der Waals surface area contributed by atoms with Crippen molar-refractivity contribution in [2.24, 2.45) is 0 Å². The van der Waals surface area contributed by atoms with Gasteiger partial charge in [-0.05, 0) is 24.7 Å². The van der Waals surface area contributed by atoms with Gasteiger partial charge in [-0.3, -0.25) is 4.79 Å². The number of carbonyl (C=O) groups is 1. The standard InChI is InChI=1S/C16H24N4O/c1-5-17-9-8-14(21)18-11-6-7-12-13(10-11)20-15(19-12)16(2,3)4/h6-7,10,17H,5,8-9H2,1-4H3,(H,18,21)(H,19,20). The third kappa shape index (κ3) is 4.04. The fourth-order valence-corrected chi connectivity index (χ4v) is 2.04. The highest BCUT2D eigenvalue weighted by atomic mass is 16.1. The SMILES string of the molecule is CCNCCC(=O)Nc1ccc2nc(C(C)(C)C)[nH]c2c1. The number of aromatic amines is 1. The maximum atomic E-state index is 11.8. The molecule has 114 valence electrons. The van der Waals surface area contributed by atoms with E-state index < -0.39 is 0 Å². The van der Waals surface area contributed by atoms with Crippen molar-refractivity contribution in [2.75, 3.05) is 18.4 Å². The van der Waals surface area contributed by atoms with Crippen molar-refractivity contribution in [2.45, 2.75) is 39.5 Å². The Labute approximate surface area is 125 Å². The summed E-state index contributed by atoms with van der Waals surface area (Å²) >= 11 is 0. The van der Waals surface area contributed by atoms with Gasteiger partial charge in [0.2, 0.25) is 5.91 Å². The molecule has 0 spiro atoms. The van der Waals surface area contributed by atoms with E-state index in [1.165, 1.54) is 0 Å². The molecule has 1 heterocycles. The summed E-state index contributed by atoms with van der Waals surface area (Å²) in [4.78, 5) is 19.7. The number of amides is 1. The monoisotopic (exact) mass is 288 g/mol. The zero-order chi connectivity index (χ0) is 15.5. The molecule has 2 rings (SSSR count). The quantitative estimate of drug-likeness (QED) is 0.741. The molecular formula is C16H24N4O. The summed E-state index contributed by atoms with van der Waals surface area (Å²) in [5, 5.41) is 6.05. The van der Waals surface area contributed by atoms with E-state index in [9.17, 15) is 4.79 Å². The predicted molar refractivity (Wildman–Crippen MR) is 86.6 cm³/mol. The minimum atomic E-state index is -0.0196. The van der Waals surface area contributed by atoms with E-state index in [2.05, 4.69) is 41.4 Å². The second kappa shape index (κ2) is 6.26. The Balaban J connectivity index is 2.10. The predicted octanol–water partition coefficient (Wildman–Crippen LogP) is 2.80. The molecule has 5 heteroatoms. The topological polar surface area (TPSA) is 69.8 Å². The van der Waals surface area contributed by atoms with Crippen molar-refractivity contribution in [1.82, 2.24) is 15.3 Å². The van der Waals surface area contributed by atoms with E-state index in [1.807, 2.05) is 25.1 Å². The van der Waals surface area contributed by atoms with Crippen LogP contribution in [0, 0.1) is 0 Å². The highest BCUT2D eigenvalue weighted by Gasteiger charge is 2.18. The molecule has 1 aromatic carbocycles. The number of hydrogen-bond donors (Lipinski definition) is 3. The van der Waals surface area contributed by atoms with E-state index in [0.29, 0.717) is 13.0 Å². The summed E-state index contributed by atoms with van der Waals surface area (Å²) in [6, 6.07) is 5.75. The van der Waals surface area contributed by atoms with Crippen LogP contribution in [0.5, 0.6) is 0 Å². The largest absolute Gasteiger partial charge is 0.341 e. The number of hydrogen-bond acceptors (Lipinski definition) is 3. The highest BCUT2D eigenvalue weighted by Crippen LogP contribution is 2.24. The first-order valence-electron chi connectivity index (χ1n) is 7.41. The van der Waals surface area contributed by atoms with Gasteiger partial charge in [0.05, 0.1) is 11.0 Å². The zero-order valence-electron chi connectivity index (χ0n) is 13.2. The normalized spacial score (nSPS) is 11.8.